The second kappa shape index (κ2) is 6.85. The third-order valence-electron chi connectivity index (χ3n) is 3.57. The summed E-state index contributed by atoms with van der Waals surface area (Å²) >= 11 is 6.10. The molecule has 1 unspecified atom stereocenters. The molecule has 1 aromatic rings. The molecule has 122 valence electrons. The van der Waals surface area contributed by atoms with E-state index >= 15 is 0 Å². The maximum absolute atomic E-state index is 12.1. The van der Waals surface area contributed by atoms with Gasteiger partial charge in [0.1, 0.15) is 0 Å². The molecule has 0 aliphatic carbocycles. The van der Waals surface area contributed by atoms with Gasteiger partial charge >= 0.3 is 0 Å². The molecule has 0 spiro atoms. The van der Waals surface area contributed by atoms with E-state index in [2.05, 4.69) is 5.32 Å². The number of carbonyl (C=O) groups is 1. The van der Waals surface area contributed by atoms with E-state index in [0.29, 0.717) is 17.8 Å². The highest BCUT2D eigenvalue weighted by Gasteiger charge is 2.19. The third kappa shape index (κ3) is 4.12. The van der Waals surface area contributed by atoms with Gasteiger partial charge in [0.25, 0.3) is 5.91 Å². The van der Waals surface area contributed by atoms with E-state index in [1.807, 2.05) is 0 Å². The van der Waals surface area contributed by atoms with Gasteiger partial charge in [-0.25, -0.2) is 8.42 Å². The molecule has 1 heterocycles. The summed E-state index contributed by atoms with van der Waals surface area (Å²) in [5.74, 6) is -0.297. The van der Waals surface area contributed by atoms with Crippen LogP contribution in [-0.4, -0.2) is 46.9 Å². The van der Waals surface area contributed by atoms with Crippen molar-refractivity contribution >= 4 is 33.2 Å². The first-order chi connectivity index (χ1) is 10.3. The lowest BCUT2D eigenvalue weighted by Gasteiger charge is -2.18. The molecule has 0 saturated carbocycles. The molecule has 8 heteroatoms. The highest BCUT2D eigenvalue weighted by atomic mass is 35.5. The van der Waals surface area contributed by atoms with Gasteiger partial charge in [-0.3, -0.25) is 9.10 Å². The summed E-state index contributed by atoms with van der Waals surface area (Å²) in [6.07, 6.45) is 3.10. The Balaban J connectivity index is 2.07. The normalized spacial score (nSPS) is 18.2. The molecule has 0 aromatic heterocycles. The van der Waals surface area contributed by atoms with Gasteiger partial charge < -0.3 is 10.1 Å². The first-order valence-corrected chi connectivity index (χ1v) is 9.15. The maximum atomic E-state index is 12.1. The number of hydrogen-bond acceptors (Lipinski definition) is 4. The van der Waals surface area contributed by atoms with Gasteiger partial charge in [0.05, 0.1) is 28.6 Å². The van der Waals surface area contributed by atoms with Gasteiger partial charge in [0.2, 0.25) is 10.0 Å². The molecule has 1 aromatic carbocycles. The zero-order chi connectivity index (χ0) is 16.3. The Morgan fingerprint density at radius 1 is 1.50 bits per heavy atom. The Hall–Kier alpha value is -1.31. The fraction of sp³-hybridized carbons (Fsp3) is 0.500. The fourth-order valence-corrected chi connectivity index (χ4v) is 2.94. The number of ether oxygens (including phenoxy) is 1. The average Bonchev–Trinajstić information content (AvgIpc) is 2.96. The summed E-state index contributed by atoms with van der Waals surface area (Å²) in [5, 5.41) is 2.99. The number of benzene rings is 1. The quantitative estimate of drug-likeness (QED) is 0.879. The van der Waals surface area contributed by atoms with Crippen molar-refractivity contribution in [3.05, 3.63) is 28.8 Å². The van der Waals surface area contributed by atoms with Gasteiger partial charge in [-0.05, 0) is 31.0 Å². The number of amides is 1. The minimum atomic E-state index is -3.37. The van der Waals surface area contributed by atoms with Crippen LogP contribution in [0.1, 0.15) is 23.2 Å². The van der Waals surface area contributed by atoms with Gasteiger partial charge in [-0.15, -0.1) is 0 Å². The van der Waals surface area contributed by atoms with Crippen molar-refractivity contribution in [1.82, 2.24) is 5.32 Å². The van der Waals surface area contributed by atoms with Crippen LogP contribution in [0.2, 0.25) is 5.02 Å². The third-order valence-corrected chi connectivity index (χ3v) is 5.09. The Kier molecular flexibility index (Phi) is 5.31. The van der Waals surface area contributed by atoms with Gasteiger partial charge in [-0.2, -0.15) is 0 Å². The largest absolute Gasteiger partial charge is 0.376 e. The van der Waals surface area contributed by atoms with Gasteiger partial charge in [0.15, 0.2) is 0 Å². The minimum Gasteiger partial charge on any atom is -0.376 e. The monoisotopic (exact) mass is 346 g/mol. The Bertz CT molecular complexity index is 657. The summed E-state index contributed by atoms with van der Waals surface area (Å²) in [7, 11) is -1.94. The SMILES string of the molecule is CN(c1ccc(C(=O)NCC2CCCO2)c(Cl)c1)S(C)(=O)=O. The number of hydrogen-bond donors (Lipinski definition) is 1. The Morgan fingerprint density at radius 3 is 2.77 bits per heavy atom. The minimum absolute atomic E-state index is 0.0540. The van der Waals surface area contributed by atoms with E-state index in [0.717, 1.165) is 30.0 Å². The van der Waals surface area contributed by atoms with Crippen LogP contribution >= 0.6 is 11.6 Å². The van der Waals surface area contributed by atoms with Gasteiger partial charge in [0, 0.05) is 20.2 Å². The van der Waals surface area contributed by atoms with Crippen LogP contribution < -0.4 is 9.62 Å². The summed E-state index contributed by atoms with van der Waals surface area (Å²) in [6.45, 7) is 1.17. The van der Waals surface area contributed by atoms with Crippen LogP contribution in [0.25, 0.3) is 0 Å². The Morgan fingerprint density at radius 2 is 2.23 bits per heavy atom. The van der Waals surface area contributed by atoms with Crippen molar-refractivity contribution in [1.29, 1.82) is 0 Å². The topological polar surface area (TPSA) is 75.7 Å². The molecule has 22 heavy (non-hydrogen) atoms. The molecule has 1 saturated heterocycles. The summed E-state index contributed by atoms with van der Waals surface area (Å²) < 4.78 is 29.5. The molecule has 6 nitrogen and oxygen atoms in total. The smallest absolute Gasteiger partial charge is 0.252 e. The van der Waals surface area contributed by atoms with Crippen LogP contribution in [0.5, 0.6) is 0 Å². The highest BCUT2D eigenvalue weighted by Crippen LogP contribution is 2.24. The molecule has 0 radical (unpaired) electrons. The number of anilines is 1. The van der Waals surface area contributed by atoms with Crippen molar-refractivity contribution in [3.63, 3.8) is 0 Å². The number of nitrogens with one attached hydrogen (secondary N) is 1. The lowest BCUT2D eigenvalue weighted by molar-refractivity contribution is 0.0858. The van der Waals surface area contributed by atoms with Crippen molar-refractivity contribution in [2.24, 2.45) is 0 Å². The van der Waals surface area contributed by atoms with Crippen molar-refractivity contribution in [3.8, 4) is 0 Å². The molecule has 1 fully saturated rings. The molecule has 1 amide bonds. The standard InChI is InChI=1S/C14H19ClN2O4S/c1-17(22(2,19)20)10-5-6-12(13(15)8-10)14(18)16-9-11-4-3-7-21-11/h5-6,8,11H,3-4,7,9H2,1-2H3,(H,16,18). The van der Waals surface area contributed by atoms with Crippen LogP contribution in [0.15, 0.2) is 18.2 Å². The van der Waals surface area contributed by atoms with Crippen LogP contribution in [0.3, 0.4) is 0 Å². The predicted octanol–water partition coefficient (Wildman–Crippen LogP) is 1.64. The highest BCUT2D eigenvalue weighted by molar-refractivity contribution is 7.92. The second-order valence-corrected chi connectivity index (χ2v) is 7.66. The summed E-state index contributed by atoms with van der Waals surface area (Å²) in [6, 6.07) is 4.53. The molecular formula is C14H19ClN2O4S. The number of sulfonamides is 1. The first kappa shape index (κ1) is 17.1. The second-order valence-electron chi connectivity index (χ2n) is 5.24. The fourth-order valence-electron chi connectivity index (χ4n) is 2.18. The molecular weight excluding hydrogens is 328 g/mol. The summed E-state index contributed by atoms with van der Waals surface area (Å²) in [4.78, 5) is 12.1. The maximum Gasteiger partial charge on any atom is 0.252 e. The molecule has 1 N–H and O–H groups in total. The molecule has 1 aliphatic heterocycles. The van der Waals surface area contributed by atoms with E-state index in [-0.39, 0.29) is 17.0 Å². The average molecular weight is 347 g/mol. The lowest BCUT2D eigenvalue weighted by Crippen LogP contribution is -2.32. The predicted molar refractivity (Wildman–Crippen MR) is 86.0 cm³/mol. The molecule has 0 bridgehead atoms. The number of halogens is 1. The van der Waals surface area contributed by atoms with Crippen LogP contribution in [0.4, 0.5) is 5.69 Å². The zero-order valence-electron chi connectivity index (χ0n) is 12.5. The Labute approximate surface area is 135 Å². The van der Waals surface area contributed by atoms with Crippen molar-refractivity contribution in [2.45, 2.75) is 18.9 Å². The number of nitrogens with zero attached hydrogens (tertiary/aromatic N) is 1. The number of carbonyl (C=O) groups excluding carboxylic acids is 1. The molecule has 2 rings (SSSR count). The van der Waals surface area contributed by atoms with Crippen molar-refractivity contribution in [2.75, 3.05) is 30.8 Å². The zero-order valence-corrected chi connectivity index (χ0v) is 14.1. The lowest BCUT2D eigenvalue weighted by atomic mass is 10.2. The van der Waals surface area contributed by atoms with Crippen LogP contribution in [-0.2, 0) is 14.8 Å². The van der Waals surface area contributed by atoms with E-state index in [9.17, 15) is 13.2 Å². The summed E-state index contributed by atoms with van der Waals surface area (Å²) in [5.41, 5.74) is 0.716. The van der Waals surface area contributed by atoms with E-state index in [4.69, 9.17) is 16.3 Å². The van der Waals surface area contributed by atoms with Crippen LogP contribution in [0, 0.1) is 0 Å². The van der Waals surface area contributed by atoms with E-state index < -0.39 is 10.0 Å². The van der Waals surface area contributed by atoms with E-state index in [1.54, 1.807) is 6.07 Å². The van der Waals surface area contributed by atoms with Crippen molar-refractivity contribution < 1.29 is 17.9 Å². The number of rotatable bonds is 5. The van der Waals surface area contributed by atoms with Gasteiger partial charge in [-0.1, -0.05) is 11.6 Å². The molecule has 1 aliphatic rings. The first-order valence-electron chi connectivity index (χ1n) is 6.92. The van der Waals surface area contributed by atoms with E-state index in [1.165, 1.54) is 19.2 Å². The molecule has 1 atom stereocenters.